The summed E-state index contributed by atoms with van der Waals surface area (Å²) >= 11 is 10.8. The van der Waals surface area contributed by atoms with E-state index in [0.29, 0.717) is 10.8 Å². The molecule has 0 amide bonds. The van der Waals surface area contributed by atoms with Crippen LogP contribution in [0.4, 0.5) is 4.79 Å². The van der Waals surface area contributed by atoms with E-state index in [-0.39, 0.29) is 0 Å². The molecule has 0 aliphatic carbocycles. The van der Waals surface area contributed by atoms with Gasteiger partial charge in [0, 0.05) is 11.6 Å². The monoisotopic (exact) mass is 204 g/mol. The van der Waals surface area contributed by atoms with E-state index in [1.165, 1.54) is 0 Å². The van der Waals surface area contributed by atoms with Crippen LogP contribution in [0.1, 0.15) is 5.56 Å². The molecule has 1 rings (SSSR count). The summed E-state index contributed by atoms with van der Waals surface area (Å²) in [6, 6.07) is 5.17. The zero-order valence-corrected chi connectivity index (χ0v) is 7.82. The quantitative estimate of drug-likeness (QED) is 0.656. The molecule has 0 aliphatic heterocycles. The summed E-state index contributed by atoms with van der Waals surface area (Å²) in [5.41, 5.74) is -0.109. The van der Waals surface area contributed by atoms with Gasteiger partial charge in [0.2, 0.25) is 0 Å². The van der Waals surface area contributed by atoms with Crippen LogP contribution in [0.25, 0.3) is 0 Å². The maximum atomic E-state index is 10.4. The molecule has 0 unspecified atom stereocenters. The van der Waals surface area contributed by atoms with Crippen LogP contribution in [-0.2, 0) is 0 Å². The zero-order valence-electron chi connectivity index (χ0n) is 6.30. The van der Waals surface area contributed by atoms with Crippen LogP contribution < -0.4 is 4.74 Å². The average Bonchev–Trinajstić information content (AvgIpc) is 1.97. The molecule has 0 spiro atoms. The van der Waals surface area contributed by atoms with Crippen LogP contribution in [0.15, 0.2) is 18.2 Å². The van der Waals surface area contributed by atoms with Gasteiger partial charge < -0.3 is 4.74 Å². The van der Waals surface area contributed by atoms with Gasteiger partial charge in [0.05, 0.1) is 5.02 Å². The van der Waals surface area contributed by atoms with E-state index in [1.807, 2.05) is 0 Å². The Morgan fingerprint density at radius 3 is 2.67 bits per heavy atom. The lowest BCUT2D eigenvalue weighted by Crippen LogP contribution is -1.98. The average molecular weight is 205 g/mol. The molecule has 0 atom stereocenters. The van der Waals surface area contributed by atoms with E-state index in [2.05, 4.69) is 4.74 Å². The Labute approximate surface area is 80.0 Å². The van der Waals surface area contributed by atoms with Crippen LogP contribution in [0, 0.1) is 6.92 Å². The summed E-state index contributed by atoms with van der Waals surface area (Å²) in [7, 11) is 0. The molecule has 0 aliphatic rings. The molecule has 64 valence electrons. The largest absolute Gasteiger partial charge is 0.413 e. The lowest BCUT2D eigenvalue weighted by molar-refractivity contribution is 0.225. The van der Waals surface area contributed by atoms with Gasteiger partial charge in [-0.15, -0.1) is 0 Å². The number of ether oxygens (including phenoxy) is 1. The molecule has 2 nitrogen and oxygen atoms in total. The molecule has 0 N–H and O–H groups in total. The zero-order chi connectivity index (χ0) is 9.14. The van der Waals surface area contributed by atoms with Crippen molar-refractivity contribution < 1.29 is 9.53 Å². The Morgan fingerprint density at radius 2 is 2.17 bits per heavy atom. The summed E-state index contributed by atoms with van der Waals surface area (Å²) in [4.78, 5) is 10.4. The molecule has 0 heterocycles. The van der Waals surface area contributed by atoms with Crippen molar-refractivity contribution in [2.24, 2.45) is 0 Å². The Bertz CT molecular complexity index is 290. The number of carbonyl (C=O) groups excluding carboxylic acids is 1. The molecule has 12 heavy (non-hydrogen) atoms. The van der Waals surface area contributed by atoms with Gasteiger partial charge in [-0.3, -0.25) is 0 Å². The fourth-order valence-electron chi connectivity index (χ4n) is 0.826. The van der Waals surface area contributed by atoms with Crippen molar-refractivity contribution in [2.45, 2.75) is 6.92 Å². The number of benzene rings is 1. The van der Waals surface area contributed by atoms with Crippen molar-refractivity contribution in [3.05, 3.63) is 28.8 Å². The van der Waals surface area contributed by atoms with Crippen LogP contribution >= 0.6 is 23.2 Å². The summed E-state index contributed by atoms with van der Waals surface area (Å²) < 4.78 is 4.67. The SMILES string of the molecule is Cc1cccc(Cl)c1OC(=O)Cl. The van der Waals surface area contributed by atoms with E-state index in [0.717, 1.165) is 5.56 Å². The van der Waals surface area contributed by atoms with Gasteiger partial charge in [-0.1, -0.05) is 23.7 Å². The van der Waals surface area contributed by atoms with Crippen LogP contribution in [0.5, 0.6) is 5.75 Å². The van der Waals surface area contributed by atoms with Gasteiger partial charge in [-0.2, -0.15) is 0 Å². The number of halogens is 2. The van der Waals surface area contributed by atoms with Gasteiger partial charge in [0.1, 0.15) is 0 Å². The first kappa shape index (κ1) is 9.36. The molecule has 0 saturated heterocycles. The predicted molar refractivity (Wildman–Crippen MR) is 48.1 cm³/mol. The van der Waals surface area contributed by atoms with Gasteiger partial charge >= 0.3 is 5.43 Å². The third kappa shape index (κ3) is 2.13. The highest BCUT2D eigenvalue weighted by Gasteiger charge is 2.07. The number of aryl methyl sites for hydroxylation is 1. The number of rotatable bonds is 1. The van der Waals surface area contributed by atoms with Crippen LogP contribution in [0.3, 0.4) is 0 Å². The third-order valence-corrected chi connectivity index (χ3v) is 1.72. The third-order valence-electron chi connectivity index (χ3n) is 1.35. The first-order chi connectivity index (χ1) is 5.61. The second-order valence-corrected chi connectivity index (χ2v) is 2.94. The molecule has 0 bridgehead atoms. The lowest BCUT2D eigenvalue weighted by Gasteiger charge is -2.04. The summed E-state index contributed by atoms with van der Waals surface area (Å²) in [5, 5.41) is 0.379. The van der Waals surface area contributed by atoms with Crippen LogP contribution in [-0.4, -0.2) is 5.43 Å². The highest BCUT2D eigenvalue weighted by Crippen LogP contribution is 2.28. The van der Waals surface area contributed by atoms with Crippen LogP contribution in [0.2, 0.25) is 5.02 Å². The minimum absolute atomic E-state index is 0.319. The Balaban J connectivity index is 3.04. The van der Waals surface area contributed by atoms with Crippen molar-refractivity contribution in [2.75, 3.05) is 0 Å². The second-order valence-electron chi connectivity index (χ2n) is 2.23. The fourth-order valence-corrected chi connectivity index (χ4v) is 1.16. The Morgan fingerprint density at radius 1 is 1.50 bits per heavy atom. The second kappa shape index (κ2) is 3.78. The van der Waals surface area contributed by atoms with E-state index in [4.69, 9.17) is 23.2 Å². The number of para-hydroxylation sites is 1. The first-order valence-corrected chi connectivity index (χ1v) is 3.99. The first-order valence-electron chi connectivity index (χ1n) is 3.23. The summed E-state index contributed by atoms with van der Waals surface area (Å²) in [6.07, 6.45) is 0. The molecule has 0 saturated carbocycles. The summed E-state index contributed by atoms with van der Waals surface area (Å²) in [5.74, 6) is 0.319. The highest BCUT2D eigenvalue weighted by atomic mass is 35.5. The van der Waals surface area contributed by atoms with E-state index < -0.39 is 5.43 Å². The van der Waals surface area contributed by atoms with Crippen molar-refractivity contribution in [1.82, 2.24) is 0 Å². The smallest absolute Gasteiger partial charge is 0.409 e. The van der Waals surface area contributed by atoms with Gasteiger partial charge in [0.15, 0.2) is 5.75 Å². The molecular weight excluding hydrogens is 199 g/mol. The number of hydrogen-bond acceptors (Lipinski definition) is 2. The molecular formula is C8H6Cl2O2. The van der Waals surface area contributed by atoms with Gasteiger partial charge in [-0.05, 0) is 18.6 Å². The normalized spacial score (nSPS) is 9.58. The molecule has 1 aromatic rings. The predicted octanol–water partition coefficient (Wildman–Crippen LogP) is 3.39. The summed E-state index contributed by atoms with van der Waals surface area (Å²) in [6.45, 7) is 1.78. The molecule has 4 heteroatoms. The van der Waals surface area contributed by atoms with Gasteiger partial charge in [-0.25, -0.2) is 4.79 Å². The Hall–Kier alpha value is -0.730. The van der Waals surface area contributed by atoms with E-state index in [9.17, 15) is 4.79 Å². The van der Waals surface area contributed by atoms with Crippen molar-refractivity contribution >= 4 is 28.6 Å². The van der Waals surface area contributed by atoms with Crippen molar-refractivity contribution in [3.8, 4) is 5.75 Å². The molecule has 1 aromatic carbocycles. The molecule has 0 fully saturated rings. The maximum absolute atomic E-state index is 10.4. The number of carbonyl (C=O) groups is 1. The lowest BCUT2D eigenvalue weighted by atomic mass is 10.2. The van der Waals surface area contributed by atoms with Gasteiger partial charge in [0.25, 0.3) is 0 Å². The highest BCUT2D eigenvalue weighted by molar-refractivity contribution is 6.61. The maximum Gasteiger partial charge on any atom is 0.409 e. The molecule has 0 radical (unpaired) electrons. The number of hydrogen-bond donors (Lipinski definition) is 0. The van der Waals surface area contributed by atoms with Crippen molar-refractivity contribution in [3.63, 3.8) is 0 Å². The van der Waals surface area contributed by atoms with Crippen molar-refractivity contribution in [1.29, 1.82) is 0 Å². The topological polar surface area (TPSA) is 26.3 Å². The molecule has 0 aromatic heterocycles. The van der Waals surface area contributed by atoms with E-state index >= 15 is 0 Å². The fraction of sp³-hybridized carbons (Fsp3) is 0.125. The Kier molecular flexibility index (Phi) is 2.95. The minimum Gasteiger partial charge on any atom is -0.413 e. The standard InChI is InChI=1S/C8H6Cl2O2/c1-5-3-2-4-6(9)7(5)12-8(10)11/h2-4H,1H3. The minimum atomic E-state index is -0.883. The van der Waals surface area contributed by atoms with E-state index in [1.54, 1.807) is 25.1 Å².